The maximum absolute atomic E-state index is 12.6. The number of ether oxygens (including phenoxy) is 2. The number of esters is 2. The molecule has 0 atom stereocenters. The van der Waals surface area contributed by atoms with Crippen molar-refractivity contribution < 1.29 is 77.3 Å². The molecule has 0 saturated heterocycles. The second kappa shape index (κ2) is 55.8. The second-order valence-electron chi connectivity index (χ2n) is 14.2. The molecule has 6 heteroatoms. The van der Waals surface area contributed by atoms with Gasteiger partial charge in [0.2, 0.25) is 0 Å². The molecule has 0 rings (SSSR count). The third kappa shape index (κ3) is 54.8. The van der Waals surface area contributed by atoms with Gasteiger partial charge in [0, 0.05) is 12.8 Å². The topological polar surface area (TPSA) is 64.6 Å². The summed E-state index contributed by atoms with van der Waals surface area (Å²) in [7, 11) is 0. The predicted octanol–water partition coefficient (Wildman–Crippen LogP) is 12.0. The molecule has 0 aromatic rings. The Morgan fingerprint density at radius 3 is 1.35 bits per heavy atom. The van der Waals surface area contributed by atoms with Crippen LogP contribution in [-0.2, 0) is 19.1 Å². The summed E-state index contributed by atoms with van der Waals surface area (Å²) < 4.78 is 11.2. The van der Waals surface area contributed by atoms with Crippen LogP contribution in [0.1, 0.15) is 248 Å². The van der Waals surface area contributed by atoms with E-state index < -0.39 is 0 Å². The summed E-state index contributed by atoms with van der Waals surface area (Å²) in [4.78, 5) is 24.4. The molecule has 0 fully saturated rings. The van der Waals surface area contributed by atoms with Crippen LogP contribution in [0.2, 0.25) is 0 Å². The van der Waals surface area contributed by atoms with Crippen molar-refractivity contribution in [3.63, 3.8) is 0 Å². The summed E-state index contributed by atoms with van der Waals surface area (Å²) in [5, 5.41) is 3.54. The molecule has 0 heterocycles. The van der Waals surface area contributed by atoms with Crippen LogP contribution in [0.25, 0.3) is 0 Å². The number of unbranched alkanes of at least 4 members (excludes halogenated alkanes) is 22. The second-order valence-corrected chi connectivity index (χ2v) is 14.2. The number of hydrogen-bond donors (Lipinski definition) is 1. The molecule has 0 aromatic carbocycles. The van der Waals surface area contributed by atoms with Gasteiger partial charge in [0.25, 0.3) is 5.97 Å². The zero-order valence-electron chi connectivity index (χ0n) is 36.8. The van der Waals surface area contributed by atoms with E-state index >= 15 is 0 Å². The molecule has 0 spiro atoms. The Morgan fingerprint density at radius 2 is 0.885 bits per heavy atom. The molecule has 0 bridgehead atoms. The smallest absolute Gasteiger partial charge is 0.637 e. The Balaban J connectivity index is -0.00000153. The van der Waals surface area contributed by atoms with Gasteiger partial charge in [0.05, 0.1) is 0 Å². The number of rotatable bonds is 37. The van der Waals surface area contributed by atoms with Crippen LogP contribution in [0.15, 0.2) is 12.2 Å². The number of carbonyl (C=O) groups excluding carboxylic acids is 2. The van der Waals surface area contributed by atoms with Crippen molar-refractivity contribution >= 4 is 11.9 Å². The third-order valence-corrected chi connectivity index (χ3v) is 9.25. The zero-order valence-corrected chi connectivity index (χ0v) is 41.7. The Labute approximate surface area is 376 Å². The van der Waals surface area contributed by atoms with Crippen molar-refractivity contribution in [1.29, 1.82) is 0 Å². The molecule has 0 aromatic heterocycles. The Hall–Kier alpha value is 0.445. The molecule has 52 heavy (non-hydrogen) atoms. The van der Waals surface area contributed by atoms with Crippen molar-refractivity contribution in [2.24, 2.45) is 0 Å². The Morgan fingerprint density at radius 1 is 0.519 bits per heavy atom. The predicted molar refractivity (Wildman–Crippen MR) is 225 cm³/mol. The van der Waals surface area contributed by atoms with E-state index in [4.69, 9.17) is 9.47 Å². The quantitative estimate of drug-likeness (QED) is 0.0293. The minimum Gasteiger partial charge on any atom is -0.637 e. The third-order valence-electron chi connectivity index (χ3n) is 9.25. The number of allylic oxidation sites excluding steroid dienone is 2. The maximum atomic E-state index is 12.6. The van der Waals surface area contributed by atoms with E-state index in [2.05, 4.69) is 26.1 Å². The molecule has 0 aliphatic carbocycles. The van der Waals surface area contributed by atoms with E-state index in [0.717, 1.165) is 70.9 Å². The van der Waals surface area contributed by atoms with Gasteiger partial charge in [-0.15, -0.1) is 6.42 Å². The summed E-state index contributed by atoms with van der Waals surface area (Å²) >= 11 is 0. The van der Waals surface area contributed by atoms with E-state index in [0.29, 0.717) is 12.8 Å². The van der Waals surface area contributed by atoms with Crippen LogP contribution in [0.5, 0.6) is 0 Å². The fraction of sp³-hybridized carbons (Fsp3) is 0.891. The number of nitrogens with one attached hydrogen (secondary N) is 1. The first-order valence-corrected chi connectivity index (χ1v) is 22.5. The van der Waals surface area contributed by atoms with E-state index in [9.17, 15) is 9.59 Å². The van der Waals surface area contributed by atoms with E-state index in [1.165, 1.54) is 128 Å². The van der Waals surface area contributed by atoms with Crippen molar-refractivity contribution in [1.82, 2.24) is 5.32 Å². The van der Waals surface area contributed by atoms with Crippen LogP contribution >= 0.6 is 0 Å². The Kier molecular flexibility index (Phi) is 63.4. The SMILES string of the molecule is CC.CC=CC.CCCCCCCC[CH-]OC(=O)CCCCCNCCCCCCCC(=O)OC(CCCCCCCC)CCCCCCCC.[Rb+]. The van der Waals surface area contributed by atoms with Crippen molar-refractivity contribution in [3.8, 4) is 0 Å². The molecule has 0 saturated carbocycles. The molecule has 5 nitrogen and oxygen atoms in total. The van der Waals surface area contributed by atoms with E-state index in [1.807, 2.05) is 39.8 Å². The average molecular weight is 809 g/mol. The van der Waals surface area contributed by atoms with E-state index in [1.54, 1.807) is 6.61 Å². The van der Waals surface area contributed by atoms with Gasteiger partial charge in [-0.05, 0) is 78.3 Å². The van der Waals surface area contributed by atoms with Gasteiger partial charge in [-0.2, -0.15) is 6.61 Å². The molecule has 0 aliphatic heterocycles. The minimum absolute atomic E-state index is 0. The first kappa shape index (κ1) is 59.1. The van der Waals surface area contributed by atoms with Crippen LogP contribution < -0.4 is 63.5 Å². The number of carbonyl (C=O) groups is 2. The van der Waals surface area contributed by atoms with Gasteiger partial charge >= 0.3 is 64.2 Å². The summed E-state index contributed by atoms with van der Waals surface area (Å²) in [5.74, 6) is -0.0541. The largest absolute Gasteiger partial charge is 1.00 e. The maximum Gasteiger partial charge on any atom is 1.00 e. The standard InChI is InChI=1S/C40H78NO4.C4H8.C2H6.Rb/c1-4-7-10-13-16-22-30-37-44-39(42)33-27-23-29-36-41-35-28-21-17-20-26-34-40(43)45-38(31-24-18-14-11-8-5-2)32-25-19-15-12-9-6-3;1-3-4-2;1-2;/h37-38,41H,4-36H2,1-3H3;3-4H,1-2H3;1-2H3;/q-1;;;+1. The first-order chi connectivity index (χ1) is 25.0. The molecule has 0 unspecified atom stereocenters. The van der Waals surface area contributed by atoms with Gasteiger partial charge < -0.3 is 14.8 Å². The summed E-state index contributed by atoms with van der Waals surface area (Å²) in [6.07, 6.45) is 40.0. The molecule has 0 amide bonds. The fourth-order valence-corrected chi connectivity index (χ4v) is 5.90. The summed E-state index contributed by atoms with van der Waals surface area (Å²) in [5.41, 5.74) is 0. The van der Waals surface area contributed by atoms with Crippen LogP contribution in [-0.4, -0.2) is 31.1 Å². The monoisotopic (exact) mass is 808 g/mol. The molecule has 1 N–H and O–H groups in total. The molecule has 306 valence electrons. The van der Waals surface area contributed by atoms with Crippen molar-refractivity contribution in [3.05, 3.63) is 18.8 Å². The van der Waals surface area contributed by atoms with Gasteiger partial charge in [0.1, 0.15) is 6.10 Å². The number of hydrogen-bond acceptors (Lipinski definition) is 5. The summed E-state index contributed by atoms with van der Waals surface area (Å²) in [6.45, 7) is 18.5. The molecule has 0 aliphatic rings. The summed E-state index contributed by atoms with van der Waals surface area (Å²) in [6, 6.07) is 0. The zero-order chi connectivity index (χ0) is 38.3. The minimum atomic E-state index is -0.0802. The molecular weight excluding hydrogens is 716 g/mol. The van der Waals surface area contributed by atoms with E-state index in [-0.39, 0.29) is 76.2 Å². The average Bonchev–Trinajstić information content (AvgIpc) is 3.14. The first-order valence-electron chi connectivity index (χ1n) is 22.5. The van der Waals surface area contributed by atoms with Gasteiger partial charge in [-0.25, -0.2) is 0 Å². The molecule has 0 radical (unpaired) electrons. The van der Waals surface area contributed by atoms with Gasteiger partial charge in [0.15, 0.2) is 0 Å². The van der Waals surface area contributed by atoms with Crippen LogP contribution in [0, 0.1) is 6.61 Å². The Bertz CT molecular complexity index is 667. The van der Waals surface area contributed by atoms with Crippen LogP contribution in [0.3, 0.4) is 0 Å². The fourth-order valence-electron chi connectivity index (χ4n) is 5.90. The van der Waals surface area contributed by atoms with Gasteiger partial charge in [-0.1, -0.05) is 175 Å². The van der Waals surface area contributed by atoms with Crippen LogP contribution in [0.4, 0.5) is 0 Å². The normalized spacial score (nSPS) is 10.7. The molecular formula is C46H92NO4Rb. The van der Waals surface area contributed by atoms with Crippen molar-refractivity contribution in [2.75, 3.05) is 13.1 Å². The van der Waals surface area contributed by atoms with Crippen molar-refractivity contribution in [2.45, 2.75) is 254 Å². The van der Waals surface area contributed by atoms with Gasteiger partial charge in [-0.3, -0.25) is 9.59 Å².